The molecule has 0 aromatic rings. The molecule has 0 heterocycles. The Kier molecular flexibility index (Phi) is 13600. The van der Waals surface area contributed by atoms with Gasteiger partial charge in [0.15, 0.2) is 0 Å². The summed E-state index contributed by atoms with van der Waals surface area (Å²) < 4.78 is 0. The number of hydrogen-bond acceptors (Lipinski definition) is 0. The molecule has 0 atom stereocenters. The van der Waals surface area contributed by atoms with Crippen molar-refractivity contribution >= 4 is 0 Å². The molecular formula is H10CdClO5+. The molecule has 10 N–H and O–H groups in total. The van der Waals surface area contributed by atoms with Crippen LogP contribution in [-0.4, -0.2) is 27.4 Å². The van der Waals surface area contributed by atoms with Gasteiger partial charge in [-0.2, -0.15) is 0 Å². The van der Waals surface area contributed by atoms with E-state index in [2.05, 4.69) is 0 Å². The Labute approximate surface area is 67.2 Å². The second-order valence-corrected chi connectivity index (χ2v) is 0. The fraction of sp³-hybridized carbons (Fsp3) is 0. The Bertz CT molecular complexity index is 8.04. The normalized spacial score (nSPS) is 0. The van der Waals surface area contributed by atoms with Crippen molar-refractivity contribution in [3.63, 3.8) is 0 Å². The van der Waals surface area contributed by atoms with E-state index in [1.165, 1.54) is 0 Å². The molecule has 0 bridgehead atoms. The van der Waals surface area contributed by atoms with Crippen LogP contribution in [0.4, 0.5) is 0 Å². The fourth-order valence-electron chi connectivity index (χ4n) is 0. The predicted octanol–water partition coefficient (Wildman–Crippen LogP) is -7.12. The minimum Gasteiger partial charge on any atom is -1.00 e. The maximum absolute atomic E-state index is 0. The molecule has 0 fully saturated rings. The molecule has 0 spiro atoms. The van der Waals surface area contributed by atoms with E-state index in [0.29, 0.717) is 0 Å². The van der Waals surface area contributed by atoms with Crippen LogP contribution in [0.1, 0.15) is 0 Å². The summed E-state index contributed by atoms with van der Waals surface area (Å²) >= 11 is 0. The molecule has 0 radical (unpaired) electrons. The van der Waals surface area contributed by atoms with Crippen molar-refractivity contribution in [2.75, 3.05) is 0 Å². The zero-order valence-corrected chi connectivity index (χ0v) is 8.38. The fourth-order valence-corrected chi connectivity index (χ4v) is 0. The Morgan fingerprint density at radius 1 is 0.429 bits per heavy atom. The van der Waals surface area contributed by atoms with Gasteiger partial charge in [0.25, 0.3) is 0 Å². The summed E-state index contributed by atoms with van der Waals surface area (Å²) in [4.78, 5) is 0. The Morgan fingerprint density at radius 3 is 0.429 bits per heavy atom. The van der Waals surface area contributed by atoms with E-state index in [1.54, 1.807) is 0 Å². The van der Waals surface area contributed by atoms with Gasteiger partial charge in [0.1, 0.15) is 0 Å². The van der Waals surface area contributed by atoms with Crippen molar-refractivity contribution in [2.24, 2.45) is 0 Å². The number of halogens is 1. The zero-order valence-electron chi connectivity index (χ0n) is 3.59. The Hall–Kier alpha value is 1.01. The van der Waals surface area contributed by atoms with Crippen molar-refractivity contribution in [3.8, 4) is 0 Å². The molecule has 0 aliphatic rings. The van der Waals surface area contributed by atoms with Gasteiger partial charge >= 0.3 is 27.3 Å². The molecule has 0 saturated heterocycles. The first kappa shape index (κ1) is 385. The second-order valence-electron chi connectivity index (χ2n) is 0. The molecule has 0 aliphatic carbocycles. The van der Waals surface area contributed by atoms with Gasteiger partial charge in [-0.3, -0.25) is 0 Å². The SMILES string of the molecule is O.O.O.O.O.[Cd+2].[Cl-]. The molecule has 0 saturated carbocycles. The molecule has 48 valence electrons. The topological polar surface area (TPSA) is 158 Å². The summed E-state index contributed by atoms with van der Waals surface area (Å²) in [6, 6.07) is 0. The molecule has 7 heteroatoms. The molecule has 7 heavy (non-hydrogen) atoms. The number of hydrogen-bond donors (Lipinski definition) is 0. The minimum absolute atomic E-state index is 0. The molecule has 5 nitrogen and oxygen atoms in total. The van der Waals surface area contributed by atoms with Crippen LogP contribution in [0.5, 0.6) is 0 Å². The van der Waals surface area contributed by atoms with Gasteiger partial charge in [-0.25, -0.2) is 0 Å². The van der Waals surface area contributed by atoms with Crippen LogP contribution in [0.25, 0.3) is 0 Å². The zero-order chi connectivity index (χ0) is 0. The van der Waals surface area contributed by atoms with E-state index < -0.39 is 0 Å². The van der Waals surface area contributed by atoms with Gasteiger partial charge in [0, 0.05) is 0 Å². The quantitative estimate of drug-likeness (QED) is 0.367. The molecule has 0 rings (SSSR count). The van der Waals surface area contributed by atoms with Gasteiger partial charge in [0.05, 0.1) is 0 Å². The molecular weight excluding hydrogens is 228 g/mol. The standard InChI is InChI=1S/Cd.ClH.5H2O/h;1H;5*1H2/q+2;;;;;;/p-1. The van der Waals surface area contributed by atoms with E-state index in [1.807, 2.05) is 0 Å². The monoisotopic (exact) mass is 239 g/mol. The summed E-state index contributed by atoms with van der Waals surface area (Å²) in [6.45, 7) is 0. The van der Waals surface area contributed by atoms with Crippen LogP contribution >= 0.6 is 0 Å². The molecule has 0 aromatic heterocycles. The molecule has 0 aromatic carbocycles. The van der Waals surface area contributed by atoms with Crippen LogP contribution in [0.3, 0.4) is 0 Å². The molecule has 0 unspecified atom stereocenters. The summed E-state index contributed by atoms with van der Waals surface area (Å²) in [5.41, 5.74) is 0. The third kappa shape index (κ3) is 172. The first-order chi connectivity index (χ1) is 0. The van der Waals surface area contributed by atoms with Crippen molar-refractivity contribution in [1.29, 1.82) is 0 Å². The summed E-state index contributed by atoms with van der Waals surface area (Å²) in [7, 11) is 0. The summed E-state index contributed by atoms with van der Waals surface area (Å²) in [5, 5.41) is 0. The maximum atomic E-state index is 0. The van der Waals surface area contributed by atoms with Gasteiger partial charge in [-0.1, -0.05) is 0 Å². The van der Waals surface area contributed by atoms with E-state index in [9.17, 15) is 0 Å². The van der Waals surface area contributed by atoms with Crippen molar-refractivity contribution in [1.82, 2.24) is 0 Å². The van der Waals surface area contributed by atoms with Crippen LogP contribution < -0.4 is 12.4 Å². The maximum Gasteiger partial charge on any atom is 2.00 e. The molecule has 0 aliphatic heterocycles. The van der Waals surface area contributed by atoms with Gasteiger partial charge in [-0.05, 0) is 0 Å². The van der Waals surface area contributed by atoms with E-state index in [-0.39, 0.29) is 67.1 Å². The Morgan fingerprint density at radius 2 is 0.429 bits per heavy atom. The summed E-state index contributed by atoms with van der Waals surface area (Å²) in [5.74, 6) is 0. The smallest absolute Gasteiger partial charge is 1.00 e. The van der Waals surface area contributed by atoms with Crippen molar-refractivity contribution in [3.05, 3.63) is 0 Å². The van der Waals surface area contributed by atoms with Crippen LogP contribution in [-0.2, 0) is 27.3 Å². The van der Waals surface area contributed by atoms with E-state index in [4.69, 9.17) is 0 Å². The average Bonchev–Trinajstić information content (AvgIpc) is 0. The van der Waals surface area contributed by atoms with Crippen molar-refractivity contribution < 1.29 is 67.1 Å². The van der Waals surface area contributed by atoms with Crippen LogP contribution in [0.15, 0.2) is 0 Å². The molecule has 0 amide bonds. The minimum atomic E-state index is 0. The van der Waals surface area contributed by atoms with Gasteiger partial charge in [0.2, 0.25) is 0 Å². The predicted molar refractivity (Wildman–Crippen MR) is 18.1 cm³/mol. The van der Waals surface area contributed by atoms with Crippen LogP contribution in [0, 0.1) is 0 Å². The third-order valence-corrected chi connectivity index (χ3v) is 0. The average molecular weight is 238 g/mol. The second kappa shape index (κ2) is 247. The summed E-state index contributed by atoms with van der Waals surface area (Å²) in [6.07, 6.45) is 0. The van der Waals surface area contributed by atoms with Crippen molar-refractivity contribution in [2.45, 2.75) is 0 Å². The van der Waals surface area contributed by atoms with Gasteiger partial charge in [-0.15, -0.1) is 0 Å². The first-order valence-electron chi connectivity index (χ1n) is 0. The largest absolute Gasteiger partial charge is 2.00 e. The van der Waals surface area contributed by atoms with Crippen LogP contribution in [0.2, 0.25) is 0 Å². The van der Waals surface area contributed by atoms with Gasteiger partial charge < -0.3 is 39.8 Å². The third-order valence-electron chi connectivity index (χ3n) is 0. The van der Waals surface area contributed by atoms with E-state index in [0.717, 1.165) is 0 Å². The van der Waals surface area contributed by atoms with E-state index >= 15 is 0 Å². The first-order valence-corrected chi connectivity index (χ1v) is 0. The Balaban J connectivity index is 0. The number of rotatable bonds is 0.